The van der Waals surface area contributed by atoms with Crippen LogP contribution in [0.25, 0.3) is 11.5 Å². The van der Waals surface area contributed by atoms with E-state index in [-0.39, 0.29) is 48.3 Å². The fourth-order valence-electron chi connectivity index (χ4n) is 6.07. The number of nitrogens with zero attached hydrogens (tertiary/aromatic N) is 7. The second-order valence-electron chi connectivity index (χ2n) is 11.3. The Morgan fingerprint density at radius 3 is 2.61 bits per heavy atom. The summed E-state index contributed by atoms with van der Waals surface area (Å²) < 4.78 is 48.2. The monoisotopic (exact) mass is 616 g/mol. The summed E-state index contributed by atoms with van der Waals surface area (Å²) in [6.07, 6.45) is -3.87. The summed E-state index contributed by atoms with van der Waals surface area (Å²) in [5.74, 6) is -2.33. The number of anilines is 2. The third-order valence-corrected chi connectivity index (χ3v) is 8.15. The normalized spacial score (nSPS) is 21.5. The number of carbonyl (C=O) groups is 1. The fraction of sp³-hybridized carbons (Fsp3) is 0.464. The first-order valence-corrected chi connectivity index (χ1v) is 14.1. The lowest BCUT2D eigenvalue weighted by atomic mass is 10.1. The van der Waals surface area contributed by atoms with Gasteiger partial charge in [0.05, 0.1) is 0 Å². The van der Waals surface area contributed by atoms with Crippen molar-refractivity contribution in [2.75, 3.05) is 36.1 Å². The Morgan fingerprint density at radius 2 is 1.91 bits per heavy atom. The van der Waals surface area contributed by atoms with Crippen molar-refractivity contribution in [2.45, 2.75) is 45.3 Å². The highest BCUT2D eigenvalue weighted by atomic mass is 19.4. The van der Waals surface area contributed by atoms with Crippen LogP contribution in [0, 0.1) is 5.92 Å². The molecule has 1 N–H and O–H groups in total. The highest BCUT2D eigenvalue weighted by molar-refractivity contribution is 5.80. The molecule has 2 fully saturated rings. The van der Waals surface area contributed by atoms with Gasteiger partial charge in [-0.25, -0.2) is 14.2 Å². The number of benzene rings is 1. The standard InChI is InChI=1S/C28H31F3N8O5/c1-16(2)9-11-37-21-23(39(44-25(41)28(29,30)31)26(37)36-12-10-18-13-32-14-19(18)36)35(3)27(42)38(24(21)40)15-20-33-34-22(43-20)17-7-5-4-6-8-17/h4-9,18-19,26,32H,10-15H2,1-3H3. The van der Waals surface area contributed by atoms with Crippen molar-refractivity contribution < 1.29 is 27.2 Å². The van der Waals surface area contributed by atoms with E-state index in [9.17, 15) is 27.6 Å². The molecule has 16 heteroatoms. The van der Waals surface area contributed by atoms with Crippen molar-refractivity contribution in [1.82, 2.24) is 29.5 Å². The van der Waals surface area contributed by atoms with Crippen molar-refractivity contribution in [1.29, 1.82) is 0 Å². The van der Waals surface area contributed by atoms with E-state index in [1.807, 2.05) is 30.9 Å². The van der Waals surface area contributed by atoms with Crippen LogP contribution in [-0.2, 0) is 23.2 Å². The zero-order valence-electron chi connectivity index (χ0n) is 24.2. The fourth-order valence-corrected chi connectivity index (χ4v) is 6.07. The molecule has 3 aliphatic rings. The van der Waals surface area contributed by atoms with Gasteiger partial charge in [0.15, 0.2) is 17.8 Å². The number of rotatable bonds is 7. The number of halogens is 3. The van der Waals surface area contributed by atoms with E-state index in [1.165, 1.54) is 7.05 Å². The van der Waals surface area contributed by atoms with Crippen molar-refractivity contribution >= 4 is 17.5 Å². The SMILES string of the molecule is CC(C)=CCN1c2c(n(C)c(=O)n(Cc3nnc(-c4ccccc4)o3)c2=O)N(OC(=O)C(F)(F)F)C1N1CCC2CNCC21. The smallest absolute Gasteiger partial charge is 0.419 e. The van der Waals surface area contributed by atoms with Gasteiger partial charge >= 0.3 is 17.8 Å². The molecule has 234 valence electrons. The van der Waals surface area contributed by atoms with Crippen LogP contribution in [0.4, 0.5) is 24.7 Å². The first-order chi connectivity index (χ1) is 21.0. The van der Waals surface area contributed by atoms with Gasteiger partial charge in [-0.1, -0.05) is 29.8 Å². The molecule has 13 nitrogen and oxygen atoms in total. The summed E-state index contributed by atoms with van der Waals surface area (Å²) in [4.78, 5) is 48.6. The molecule has 3 atom stereocenters. The van der Waals surface area contributed by atoms with Gasteiger partial charge in [-0.05, 0) is 44.9 Å². The van der Waals surface area contributed by atoms with Crippen molar-refractivity contribution in [2.24, 2.45) is 13.0 Å². The minimum atomic E-state index is -5.32. The number of carbonyl (C=O) groups excluding carboxylic acids is 1. The maximum atomic E-state index is 14.2. The Bertz CT molecular complexity index is 1710. The molecule has 1 aromatic carbocycles. The predicted molar refractivity (Wildman–Crippen MR) is 151 cm³/mol. The molecule has 0 amide bonds. The van der Waals surface area contributed by atoms with Gasteiger partial charge in [-0.3, -0.25) is 14.3 Å². The molecule has 3 aromatic rings. The third kappa shape index (κ3) is 5.17. The van der Waals surface area contributed by atoms with Crippen LogP contribution in [0.5, 0.6) is 0 Å². The van der Waals surface area contributed by atoms with Gasteiger partial charge in [-0.15, -0.1) is 15.3 Å². The van der Waals surface area contributed by atoms with Crippen LogP contribution in [0.1, 0.15) is 26.2 Å². The van der Waals surface area contributed by atoms with E-state index in [0.717, 1.165) is 32.7 Å². The third-order valence-electron chi connectivity index (χ3n) is 8.15. The molecule has 0 aliphatic carbocycles. The number of hydrogen-bond acceptors (Lipinski definition) is 11. The molecule has 3 unspecified atom stereocenters. The second-order valence-corrected chi connectivity index (χ2v) is 11.3. The van der Waals surface area contributed by atoms with E-state index < -0.39 is 29.7 Å². The van der Waals surface area contributed by atoms with Crippen LogP contribution >= 0.6 is 0 Å². The summed E-state index contributed by atoms with van der Waals surface area (Å²) in [5.41, 5.74) is -0.237. The largest absolute Gasteiger partial charge is 0.493 e. The van der Waals surface area contributed by atoms with Gasteiger partial charge in [-0.2, -0.15) is 13.2 Å². The van der Waals surface area contributed by atoms with Gasteiger partial charge in [0.25, 0.3) is 5.56 Å². The van der Waals surface area contributed by atoms with E-state index in [4.69, 9.17) is 9.25 Å². The molecule has 3 aliphatic heterocycles. The van der Waals surface area contributed by atoms with Crippen LogP contribution in [0.15, 0.2) is 56.0 Å². The maximum absolute atomic E-state index is 14.2. The second kappa shape index (κ2) is 11.2. The Balaban J connectivity index is 1.48. The molecule has 0 radical (unpaired) electrons. The maximum Gasteiger partial charge on any atom is 0.493 e. The topological polar surface area (TPSA) is 131 Å². The first-order valence-electron chi connectivity index (χ1n) is 14.1. The average Bonchev–Trinajstić information content (AvgIpc) is 3.77. The molecular formula is C28H31F3N8O5. The summed E-state index contributed by atoms with van der Waals surface area (Å²) in [5, 5.41) is 12.1. The molecule has 2 aromatic heterocycles. The van der Waals surface area contributed by atoms with E-state index >= 15 is 0 Å². The van der Waals surface area contributed by atoms with E-state index in [2.05, 4.69) is 15.5 Å². The van der Waals surface area contributed by atoms with E-state index in [1.54, 1.807) is 29.2 Å². The summed E-state index contributed by atoms with van der Waals surface area (Å²) in [7, 11) is 1.31. The minimum Gasteiger partial charge on any atom is -0.419 e. The average molecular weight is 617 g/mol. The Labute approximate surface area is 249 Å². The zero-order chi connectivity index (χ0) is 31.3. The van der Waals surface area contributed by atoms with Crippen molar-refractivity contribution in [3.8, 4) is 11.5 Å². The highest BCUT2D eigenvalue weighted by Gasteiger charge is 2.54. The number of hydroxylamine groups is 1. The van der Waals surface area contributed by atoms with Crippen LogP contribution < -0.4 is 26.5 Å². The van der Waals surface area contributed by atoms with Crippen molar-refractivity contribution in [3.05, 3.63) is 68.7 Å². The lowest BCUT2D eigenvalue weighted by molar-refractivity contribution is -0.203. The quantitative estimate of drug-likeness (QED) is 0.390. The zero-order valence-corrected chi connectivity index (χ0v) is 24.2. The van der Waals surface area contributed by atoms with Crippen LogP contribution in [0.2, 0.25) is 0 Å². The molecule has 0 spiro atoms. The number of aromatic nitrogens is 4. The minimum absolute atomic E-state index is 0.0202. The lowest BCUT2D eigenvalue weighted by Crippen LogP contribution is -2.59. The molecule has 5 heterocycles. The Hall–Kier alpha value is -4.44. The Kier molecular flexibility index (Phi) is 7.57. The molecule has 0 bridgehead atoms. The number of likely N-dealkylation sites (tertiary alicyclic amines) is 1. The van der Waals surface area contributed by atoms with Gasteiger partial charge in [0.2, 0.25) is 11.8 Å². The molecule has 44 heavy (non-hydrogen) atoms. The number of nitrogens with one attached hydrogen (secondary N) is 1. The predicted octanol–water partition coefficient (Wildman–Crippen LogP) is 1.84. The summed E-state index contributed by atoms with van der Waals surface area (Å²) in [6, 6.07) is 8.84. The summed E-state index contributed by atoms with van der Waals surface area (Å²) in [6.45, 7) is 5.18. The number of fused-ring (bicyclic) bond motifs is 2. The van der Waals surface area contributed by atoms with Crippen LogP contribution in [-0.4, -0.2) is 74.9 Å². The molecule has 0 saturated carbocycles. The number of allylic oxidation sites excluding steroid dienone is 1. The highest BCUT2D eigenvalue weighted by Crippen LogP contribution is 2.42. The molecule has 2 saturated heterocycles. The van der Waals surface area contributed by atoms with Gasteiger partial charge in [0.1, 0.15) is 6.54 Å². The molecular weight excluding hydrogens is 585 g/mol. The van der Waals surface area contributed by atoms with Crippen molar-refractivity contribution in [3.63, 3.8) is 0 Å². The number of hydrogen-bond donors (Lipinski definition) is 1. The van der Waals surface area contributed by atoms with E-state index in [0.29, 0.717) is 18.7 Å². The number of alkyl halides is 3. The molecule has 6 rings (SSSR count). The van der Waals surface area contributed by atoms with Gasteiger partial charge in [0, 0.05) is 38.3 Å². The lowest BCUT2D eigenvalue weighted by Gasteiger charge is -2.39. The summed E-state index contributed by atoms with van der Waals surface area (Å²) >= 11 is 0. The van der Waals surface area contributed by atoms with Crippen LogP contribution in [0.3, 0.4) is 0 Å². The van der Waals surface area contributed by atoms with Gasteiger partial charge < -0.3 is 19.5 Å². The first kappa shape index (κ1) is 29.6. The Morgan fingerprint density at radius 1 is 1.16 bits per heavy atom.